The Morgan fingerprint density at radius 3 is 2.58 bits per heavy atom. The summed E-state index contributed by atoms with van der Waals surface area (Å²) in [4.78, 5) is 10.2. The number of hydrogen-bond donors (Lipinski definition) is 1. The molecule has 0 aliphatic heterocycles. The minimum absolute atomic E-state index is 0.791. The number of thioether (sulfide) groups is 1. The van der Waals surface area contributed by atoms with E-state index < -0.39 is 0 Å². The van der Waals surface area contributed by atoms with E-state index in [1.165, 1.54) is 16.0 Å². The van der Waals surface area contributed by atoms with Crippen molar-refractivity contribution < 1.29 is 0 Å². The molecular formula is C14H17N3S2. The van der Waals surface area contributed by atoms with Crippen molar-refractivity contribution in [2.24, 2.45) is 0 Å². The molecule has 1 aromatic heterocycles. The van der Waals surface area contributed by atoms with Gasteiger partial charge in [-0.05, 0) is 37.3 Å². The molecule has 0 aliphatic rings. The Bertz CT molecular complexity index is 563. The zero-order valence-corrected chi connectivity index (χ0v) is 13.2. The molecule has 1 heterocycles. The van der Waals surface area contributed by atoms with Gasteiger partial charge in [-0.3, -0.25) is 0 Å². The van der Waals surface area contributed by atoms with E-state index in [9.17, 15) is 0 Å². The maximum absolute atomic E-state index is 4.54. The van der Waals surface area contributed by atoms with Gasteiger partial charge in [0.25, 0.3) is 0 Å². The maximum Gasteiger partial charge on any atom is 0.190 e. The fourth-order valence-electron chi connectivity index (χ4n) is 1.61. The van der Waals surface area contributed by atoms with Crippen LogP contribution in [0.2, 0.25) is 0 Å². The Hall–Kier alpha value is -1.20. The Labute approximate surface area is 122 Å². The van der Waals surface area contributed by atoms with E-state index in [4.69, 9.17) is 0 Å². The van der Waals surface area contributed by atoms with Crippen LogP contribution in [0.25, 0.3) is 0 Å². The first-order valence-electron chi connectivity index (χ1n) is 5.98. The van der Waals surface area contributed by atoms with Crippen LogP contribution in [0.4, 0.5) is 5.82 Å². The summed E-state index contributed by atoms with van der Waals surface area (Å²) in [6.45, 7) is 4.23. The molecular weight excluding hydrogens is 274 g/mol. The number of aryl methyl sites for hydroxylation is 2. The summed E-state index contributed by atoms with van der Waals surface area (Å²) >= 11 is 3.24. The molecule has 0 aliphatic carbocycles. The molecule has 3 nitrogen and oxygen atoms in total. The minimum atomic E-state index is 0.791. The highest BCUT2D eigenvalue weighted by atomic mass is 32.2. The molecule has 19 heavy (non-hydrogen) atoms. The molecule has 100 valence electrons. The zero-order valence-electron chi connectivity index (χ0n) is 11.5. The first-order valence-corrected chi connectivity index (χ1v) is 8.02. The maximum atomic E-state index is 4.54. The predicted molar refractivity (Wildman–Crippen MR) is 83.4 cm³/mol. The second kappa shape index (κ2) is 6.30. The summed E-state index contributed by atoms with van der Waals surface area (Å²) < 4.78 is 0. The molecule has 1 N–H and O–H groups in total. The van der Waals surface area contributed by atoms with Crippen LogP contribution in [0.1, 0.15) is 11.1 Å². The average Bonchev–Trinajstić information content (AvgIpc) is 2.42. The van der Waals surface area contributed by atoms with Gasteiger partial charge in [-0.2, -0.15) is 0 Å². The van der Waals surface area contributed by atoms with Crippen molar-refractivity contribution in [3.63, 3.8) is 0 Å². The van der Waals surface area contributed by atoms with Crippen molar-refractivity contribution >= 4 is 29.3 Å². The van der Waals surface area contributed by atoms with Gasteiger partial charge < -0.3 is 5.32 Å². The van der Waals surface area contributed by atoms with E-state index >= 15 is 0 Å². The van der Waals surface area contributed by atoms with Gasteiger partial charge in [-0.25, -0.2) is 9.97 Å². The van der Waals surface area contributed by atoms with Crippen LogP contribution in [0.15, 0.2) is 39.3 Å². The second-order valence-electron chi connectivity index (χ2n) is 4.20. The molecule has 0 atom stereocenters. The summed E-state index contributed by atoms with van der Waals surface area (Å²) in [5.41, 5.74) is 2.53. The first-order chi connectivity index (χ1) is 9.12. The van der Waals surface area contributed by atoms with Gasteiger partial charge in [0.15, 0.2) is 5.16 Å². The summed E-state index contributed by atoms with van der Waals surface area (Å²) in [6.07, 6.45) is 1.99. The van der Waals surface area contributed by atoms with Gasteiger partial charge in [0.2, 0.25) is 0 Å². The Kier molecular flexibility index (Phi) is 4.71. The molecule has 5 heteroatoms. The van der Waals surface area contributed by atoms with Crippen LogP contribution in [-0.2, 0) is 0 Å². The third kappa shape index (κ3) is 3.64. The van der Waals surface area contributed by atoms with Crippen molar-refractivity contribution in [2.45, 2.75) is 28.9 Å². The molecule has 0 unspecified atom stereocenters. The van der Waals surface area contributed by atoms with E-state index in [0.29, 0.717) is 0 Å². The van der Waals surface area contributed by atoms with Crippen LogP contribution < -0.4 is 5.32 Å². The number of nitrogens with zero attached hydrogens (tertiary/aromatic N) is 2. The molecule has 2 aromatic rings. The lowest BCUT2D eigenvalue weighted by Gasteiger charge is -2.08. The highest BCUT2D eigenvalue weighted by molar-refractivity contribution is 7.99. The van der Waals surface area contributed by atoms with E-state index in [-0.39, 0.29) is 0 Å². The fraction of sp³-hybridized carbons (Fsp3) is 0.286. The van der Waals surface area contributed by atoms with Gasteiger partial charge in [-0.1, -0.05) is 35.7 Å². The van der Waals surface area contributed by atoms with Gasteiger partial charge >= 0.3 is 0 Å². The lowest BCUT2D eigenvalue weighted by Crippen LogP contribution is -1.97. The van der Waals surface area contributed by atoms with Crippen LogP contribution in [0.3, 0.4) is 0 Å². The lowest BCUT2D eigenvalue weighted by molar-refractivity contribution is 0.897. The number of benzene rings is 1. The van der Waals surface area contributed by atoms with Crippen LogP contribution in [0.5, 0.6) is 0 Å². The molecule has 0 bridgehead atoms. The Morgan fingerprint density at radius 2 is 1.89 bits per heavy atom. The van der Waals surface area contributed by atoms with Gasteiger partial charge in [0.1, 0.15) is 10.8 Å². The van der Waals surface area contributed by atoms with Gasteiger partial charge in [0, 0.05) is 18.0 Å². The summed E-state index contributed by atoms with van der Waals surface area (Å²) in [5.74, 6) is 0.854. The zero-order chi connectivity index (χ0) is 13.8. The van der Waals surface area contributed by atoms with E-state index in [1.807, 2.05) is 19.4 Å². The standard InChI is InChI=1S/C14H17N3S2/c1-9-5-6-10(2)11(7-9)19-13-8-12(15-3)16-14(17-13)18-4/h5-8H,1-4H3,(H,15,16,17). The van der Waals surface area contributed by atoms with E-state index in [2.05, 4.69) is 47.3 Å². The number of anilines is 1. The smallest absolute Gasteiger partial charge is 0.190 e. The van der Waals surface area contributed by atoms with Crippen molar-refractivity contribution in [3.05, 3.63) is 35.4 Å². The molecule has 0 saturated heterocycles. The largest absolute Gasteiger partial charge is 0.373 e. The van der Waals surface area contributed by atoms with Gasteiger partial charge in [-0.15, -0.1) is 0 Å². The highest BCUT2D eigenvalue weighted by Gasteiger charge is 2.07. The SMILES string of the molecule is CNc1cc(Sc2cc(C)ccc2C)nc(SC)n1. The van der Waals surface area contributed by atoms with Crippen LogP contribution in [0, 0.1) is 13.8 Å². The van der Waals surface area contributed by atoms with Crippen molar-refractivity contribution in [3.8, 4) is 0 Å². The lowest BCUT2D eigenvalue weighted by atomic mass is 10.2. The molecule has 0 amide bonds. The molecule has 0 saturated carbocycles. The van der Waals surface area contributed by atoms with Crippen molar-refractivity contribution in [2.75, 3.05) is 18.6 Å². The number of rotatable bonds is 4. The highest BCUT2D eigenvalue weighted by Crippen LogP contribution is 2.31. The van der Waals surface area contributed by atoms with Crippen molar-refractivity contribution in [1.82, 2.24) is 9.97 Å². The molecule has 2 rings (SSSR count). The van der Waals surface area contributed by atoms with E-state index in [0.717, 1.165) is 16.0 Å². The normalized spacial score (nSPS) is 10.5. The summed E-state index contributed by atoms with van der Waals surface area (Å²) in [6, 6.07) is 8.45. The quantitative estimate of drug-likeness (QED) is 0.523. The predicted octanol–water partition coefficient (Wildman–Crippen LogP) is 4.01. The topological polar surface area (TPSA) is 37.8 Å². The summed E-state index contributed by atoms with van der Waals surface area (Å²) in [5, 5.41) is 4.84. The van der Waals surface area contributed by atoms with Gasteiger partial charge in [0.05, 0.1) is 0 Å². The summed E-state index contributed by atoms with van der Waals surface area (Å²) in [7, 11) is 1.87. The minimum Gasteiger partial charge on any atom is -0.373 e. The van der Waals surface area contributed by atoms with E-state index in [1.54, 1.807) is 23.5 Å². The Morgan fingerprint density at radius 1 is 1.11 bits per heavy atom. The third-order valence-corrected chi connectivity index (χ3v) is 4.30. The molecule has 0 fully saturated rings. The van der Waals surface area contributed by atoms with Crippen LogP contribution in [-0.4, -0.2) is 23.3 Å². The fourth-order valence-corrected chi connectivity index (χ4v) is 3.04. The molecule has 1 aromatic carbocycles. The number of hydrogen-bond acceptors (Lipinski definition) is 5. The molecule has 0 radical (unpaired) electrons. The van der Waals surface area contributed by atoms with Crippen molar-refractivity contribution in [1.29, 1.82) is 0 Å². The number of nitrogens with one attached hydrogen (secondary N) is 1. The Balaban J connectivity index is 2.34. The third-order valence-electron chi connectivity index (χ3n) is 2.68. The first kappa shape index (κ1) is 14.2. The second-order valence-corrected chi connectivity index (χ2v) is 6.03. The average molecular weight is 291 g/mol. The van der Waals surface area contributed by atoms with Crippen LogP contribution >= 0.6 is 23.5 Å². The monoisotopic (exact) mass is 291 g/mol. The molecule has 0 spiro atoms. The number of aromatic nitrogens is 2.